The number of pyridine rings is 1. The molecule has 0 atom stereocenters. The Labute approximate surface area is 141 Å². The minimum Gasteiger partial charge on any atom is -0.248 e. The smallest absolute Gasteiger partial charge is 0.248 e. The van der Waals surface area contributed by atoms with Gasteiger partial charge in [0, 0.05) is 12.1 Å². The van der Waals surface area contributed by atoms with Crippen LogP contribution in [0.2, 0.25) is 0 Å². The number of hydrogen-bond donors (Lipinski definition) is 0. The summed E-state index contributed by atoms with van der Waals surface area (Å²) in [6, 6.07) is 14.4. The number of aryl methyl sites for hydroxylation is 1. The molecule has 0 saturated heterocycles. The highest BCUT2D eigenvalue weighted by Crippen LogP contribution is 2.37. The summed E-state index contributed by atoms with van der Waals surface area (Å²) in [5, 5.41) is 6.04. The fourth-order valence-electron chi connectivity index (χ4n) is 3.01. The molecule has 4 aromatic rings. The van der Waals surface area contributed by atoms with Crippen LogP contribution in [0.5, 0.6) is 0 Å². The summed E-state index contributed by atoms with van der Waals surface area (Å²) >= 11 is 0. The lowest BCUT2D eigenvalue weighted by Gasteiger charge is -2.11. The Morgan fingerprint density at radius 1 is 1.00 bits per heavy atom. The van der Waals surface area contributed by atoms with Gasteiger partial charge < -0.3 is 0 Å². The molecule has 0 aliphatic carbocycles. The predicted molar refractivity (Wildman–Crippen MR) is 91.1 cm³/mol. The molecule has 0 amide bonds. The molecule has 126 valence electrons. The highest BCUT2D eigenvalue weighted by atomic mass is 19.4. The van der Waals surface area contributed by atoms with E-state index < -0.39 is 11.7 Å². The molecule has 25 heavy (non-hydrogen) atoms. The minimum absolute atomic E-state index is 0.0267. The Morgan fingerprint density at radius 3 is 2.48 bits per heavy atom. The first-order chi connectivity index (χ1) is 12.0. The van der Waals surface area contributed by atoms with Gasteiger partial charge in [0.05, 0.1) is 22.8 Å². The van der Waals surface area contributed by atoms with E-state index in [0.29, 0.717) is 17.8 Å². The van der Waals surface area contributed by atoms with Gasteiger partial charge in [-0.05, 0) is 29.8 Å². The lowest BCUT2D eigenvalue weighted by atomic mass is 10.0. The molecular weight excluding hydrogens is 327 g/mol. The number of fused-ring (bicyclic) bond motifs is 2. The van der Waals surface area contributed by atoms with Gasteiger partial charge in [-0.1, -0.05) is 36.4 Å². The second kappa shape index (κ2) is 5.58. The largest absolute Gasteiger partial charge is 0.417 e. The first-order valence-electron chi connectivity index (χ1n) is 7.90. The molecular formula is C19H14F3N3. The van der Waals surface area contributed by atoms with Crippen LogP contribution in [-0.4, -0.2) is 14.8 Å². The van der Waals surface area contributed by atoms with Gasteiger partial charge in [-0.25, -0.2) is 9.67 Å². The first kappa shape index (κ1) is 15.6. The molecule has 2 aromatic heterocycles. The molecule has 2 heterocycles. The van der Waals surface area contributed by atoms with E-state index in [1.165, 1.54) is 10.9 Å². The predicted octanol–water partition coefficient (Wildman–Crippen LogP) is 5.29. The Balaban J connectivity index is 1.99. The number of nitrogens with zero attached hydrogens (tertiary/aromatic N) is 3. The summed E-state index contributed by atoms with van der Waals surface area (Å²) in [6.45, 7) is 2.28. The molecule has 6 heteroatoms. The zero-order valence-electron chi connectivity index (χ0n) is 13.4. The second-order valence-corrected chi connectivity index (χ2v) is 5.81. The average molecular weight is 341 g/mol. The van der Waals surface area contributed by atoms with Gasteiger partial charge in [0.25, 0.3) is 0 Å². The van der Waals surface area contributed by atoms with Crippen molar-refractivity contribution in [1.82, 2.24) is 14.8 Å². The van der Waals surface area contributed by atoms with Gasteiger partial charge in [0.1, 0.15) is 0 Å². The summed E-state index contributed by atoms with van der Waals surface area (Å²) in [7, 11) is 0. The zero-order chi connectivity index (χ0) is 17.6. The van der Waals surface area contributed by atoms with Crippen LogP contribution in [0.3, 0.4) is 0 Å². The number of hydrogen-bond acceptors (Lipinski definition) is 2. The van der Waals surface area contributed by atoms with Crippen LogP contribution >= 0.6 is 0 Å². The third-order valence-electron chi connectivity index (χ3n) is 4.26. The van der Waals surface area contributed by atoms with Crippen LogP contribution in [0.15, 0.2) is 54.7 Å². The van der Waals surface area contributed by atoms with E-state index >= 15 is 0 Å². The van der Waals surface area contributed by atoms with Crippen LogP contribution in [0.25, 0.3) is 33.1 Å². The molecule has 0 saturated carbocycles. The maximum absolute atomic E-state index is 13.5. The highest BCUT2D eigenvalue weighted by molar-refractivity contribution is 5.88. The maximum atomic E-state index is 13.5. The van der Waals surface area contributed by atoms with Crippen molar-refractivity contribution in [2.24, 2.45) is 0 Å². The van der Waals surface area contributed by atoms with E-state index in [9.17, 15) is 13.2 Å². The molecule has 0 spiro atoms. The lowest BCUT2D eigenvalue weighted by molar-refractivity contribution is -0.136. The number of aromatic nitrogens is 3. The van der Waals surface area contributed by atoms with Crippen molar-refractivity contribution in [1.29, 1.82) is 0 Å². The fraction of sp³-hybridized carbons (Fsp3) is 0.158. The molecule has 0 aliphatic rings. The van der Waals surface area contributed by atoms with Gasteiger partial charge in [0.2, 0.25) is 0 Å². The van der Waals surface area contributed by atoms with Crippen LogP contribution in [0.1, 0.15) is 12.5 Å². The molecule has 0 unspecified atom stereocenters. The van der Waals surface area contributed by atoms with Gasteiger partial charge in [-0.3, -0.25) is 0 Å². The van der Waals surface area contributed by atoms with Crippen LogP contribution in [0.4, 0.5) is 13.2 Å². The van der Waals surface area contributed by atoms with E-state index in [2.05, 4.69) is 10.1 Å². The number of rotatable bonds is 2. The van der Waals surface area contributed by atoms with Crippen molar-refractivity contribution in [3.63, 3.8) is 0 Å². The fourth-order valence-corrected chi connectivity index (χ4v) is 3.01. The van der Waals surface area contributed by atoms with Gasteiger partial charge in [-0.2, -0.15) is 18.3 Å². The topological polar surface area (TPSA) is 30.7 Å². The third kappa shape index (κ3) is 2.63. The van der Waals surface area contributed by atoms with Crippen molar-refractivity contribution in [2.45, 2.75) is 19.6 Å². The lowest BCUT2D eigenvalue weighted by Crippen LogP contribution is -2.07. The Morgan fingerprint density at radius 2 is 1.76 bits per heavy atom. The summed E-state index contributed by atoms with van der Waals surface area (Å²) < 4.78 is 42.0. The second-order valence-electron chi connectivity index (χ2n) is 5.81. The van der Waals surface area contributed by atoms with Crippen molar-refractivity contribution >= 4 is 21.8 Å². The molecule has 0 bridgehead atoms. The number of alkyl halides is 3. The van der Waals surface area contributed by atoms with Crippen LogP contribution < -0.4 is 0 Å². The standard InChI is InChI=1S/C19H14F3N3/c1-2-25-18-15(11-23-25)16(19(20,21)22)10-17(24-18)14-8-7-12-5-3-4-6-13(12)9-14/h3-11H,2H2,1H3. The third-order valence-corrected chi connectivity index (χ3v) is 4.26. The van der Waals surface area contributed by atoms with Crippen LogP contribution in [-0.2, 0) is 12.7 Å². The Hall–Kier alpha value is -2.89. The SMILES string of the molecule is CCn1ncc2c(C(F)(F)F)cc(-c3ccc4ccccc4c3)nc21. The van der Waals surface area contributed by atoms with E-state index in [4.69, 9.17) is 0 Å². The van der Waals surface area contributed by atoms with Crippen molar-refractivity contribution in [3.8, 4) is 11.3 Å². The molecule has 0 N–H and O–H groups in total. The molecule has 0 aliphatic heterocycles. The summed E-state index contributed by atoms with van der Waals surface area (Å²) in [5.41, 5.74) is 0.483. The minimum atomic E-state index is -4.46. The van der Waals surface area contributed by atoms with E-state index in [0.717, 1.165) is 16.8 Å². The van der Waals surface area contributed by atoms with E-state index in [1.54, 1.807) is 6.07 Å². The normalized spacial score (nSPS) is 12.2. The van der Waals surface area contributed by atoms with Crippen molar-refractivity contribution in [2.75, 3.05) is 0 Å². The van der Waals surface area contributed by atoms with Gasteiger partial charge in [-0.15, -0.1) is 0 Å². The van der Waals surface area contributed by atoms with Crippen molar-refractivity contribution in [3.05, 3.63) is 60.3 Å². The summed E-state index contributed by atoms with van der Waals surface area (Å²) in [6.07, 6.45) is -3.23. The molecule has 0 fully saturated rings. The van der Waals surface area contributed by atoms with E-state index in [-0.39, 0.29) is 11.0 Å². The average Bonchev–Trinajstić information content (AvgIpc) is 3.02. The first-order valence-corrected chi connectivity index (χ1v) is 7.90. The van der Waals surface area contributed by atoms with Crippen molar-refractivity contribution < 1.29 is 13.2 Å². The Bertz CT molecular complexity index is 1080. The van der Waals surface area contributed by atoms with Crippen LogP contribution in [0, 0.1) is 0 Å². The molecule has 4 rings (SSSR count). The maximum Gasteiger partial charge on any atom is 0.417 e. The number of halogens is 3. The molecule has 3 nitrogen and oxygen atoms in total. The number of benzene rings is 2. The monoisotopic (exact) mass is 341 g/mol. The quantitative estimate of drug-likeness (QED) is 0.496. The zero-order valence-corrected chi connectivity index (χ0v) is 13.4. The summed E-state index contributed by atoms with van der Waals surface area (Å²) in [5.74, 6) is 0. The summed E-state index contributed by atoms with van der Waals surface area (Å²) in [4.78, 5) is 4.46. The Kier molecular flexibility index (Phi) is 3.49. The highest BCUT2D eigenvalue weighted by Gasteiger charge is 2.34. The van der Waals surface area contributed by atoms with E-state index in [1.807, 2.05) is 43.3 Å². The molecule has 2 aromatic carbocycles. The van der Waals surface area contributed by atoms with Gasteiger partial charge >= 0.3 is 6.18 Å². The van der Waals surface area contributed by atoms with Gasteiger partial charge in [0.15, 0.2) is 5.65 Å². The molecule has 0 radical (unpaired) electrons.